The van der Waals surface area contributed by atoms with Gasteiger partial charge in [-0.05, 0) is 131 Å². The van der Waals surface area contributed by atoms with Crippen molar-refractivity contribution in [2.75, 3.05) is 53.7 Å². The van der Waals surface area contributed by atoms with Gasteiger partial charge in [-0.3, -0.25) is 9.59 Å². The van der Waals surface area contributed by atoms with E-state index < -0.39 is 0 Å². The highest BCUT2D eigenvalue weighted by molar-refractivity contribution is 6.16. The zero-order valence-electron chi connectivity index (χ0n) is 55.0. The lowest BCUT2D eigenvalue weighted by Gasteiger charge is -2.36. The number of carbonyl (C=O) groups is 2. The van der Waals surface area contributed by atoms with Gasteiger partial charge in [-0.1, -0.05) is 45.4 Å². The van der Waals surface area contributed by atoms with Gasteiger partial charge in [0.1, 0.15) is 72.4 Å². The van der Waals surface area contributed by atoms with E-state index in [1.165, 1.54) is 19.3 Å². The summed E-state index contributed by atoms with van der Waals surface area (Å²) in [5.41, 5.74) is 11.4. The average molecular weight is 1280 g/mol. The van der Waals surface area contributed by atoms with Crippen molar-refractivity contribution in [3.63, 3.8) is 0 Å². The third kappa shape index (κ3) is 13.8. The van der Waals surface area contributed by atoms with E-state index in [1.807, 2.05) is 103 Å². The van der Waals surface area contributed by atoms with Gasteiger partial charge in [-0.15, -0.1) is 0 Å². The number of fused-ring (bicyclic) bond motifs is 8. The SMILES string of the molecule is C.C.CC.COc1cc2c(cc1-c1c(C)noc1C)[nH]c1nc(C)nc(-c3ccc(C(=O)N4C[C@@H](C)N[C@@H](C)C4)c4c3OCCO4)c12.COc1cc2c(cc1-c1c(C)noc1C)[nH]c1nc(C)nc(-c3ccc(OC=O)c4c3OCCO4)c12.C[C@@H]1CCC[C@H](C)N1.[3H][B]O. The summed E-state index contributed by atoms with van der Waals surface area (Å²) in [6.45, 7) is 27.0. The average Bonchev–Trinajstić information content (AvgIpc) is 1.52. The molecule has 1 amide bonds. The maximum Gasteiger partial charge on any atom is 0.298 e. The number of aromatic nitrogens is 8. The number of aromatic amines is 2. The van der Waals surface area contributed by atoms with Crippen LogP contribution in [-0.4, -0.2) is 150 Å². The molecule has 0 bridgehead atoms. The summed E-state index contributed by atoms with van der Waals surface area (Å²) in [6.07, 6.45) is 4.14. The Kier molecular flexibility index (Phi) is 22.0. The number of hydrogen-bond donors (Lipinski definition) is 5. The van der Waals surface area contributed by atoms with Crippen molar-refractivity contribution in [3.8, 4) is 85.0 Å². The van der Waals surface area contributed by atoms with E-state index in [4.69, 9.17) is 63.5 Å². The molecule has 4 aromatic carbocycles. The molecule has 0 aliphatic carbocycles. The standard InChI is InChI=1S/C32H34N6O5.C26H22N4O6.C7H15N.C2H6.2CH4.BH2O/c1-15-13-38(14-16(2)33-15)32(39)21-8-7-20(29-30(21)42-10-9-41-29)28-27-22-12-25(40-6)23(26-17(3)37-43-18(26)4)11-24(22)36-31(27)35-19(5)34-28;1-12-21(13(2)36-30-12)17-9-18-16(10-20(17)32-4)22-23(27-14(3)28-26(22)29-18)15-5-6-19(35-11-31)25-24(15)33-7-8-34-25;1-6-4-3-5-7(2)8-6;1-2;;;1-2/h7-8,11-12,15-16,33H,9-10,13-14H2,1-6H3,(H,34,35,36);5-6,9-11H,7-8H2,1-4H3,(H,27,28,29);6-8H,3-5H2,1-2H3;1-2H3;2*1H4;1-2H/t15-,16+;;6-,7+;;;;/i;;;;;;1T. The van der Waals surface area contributed by atoms with E-state index in [-0.39, 0.29) is 46.6 Å². The molecule has 4 aliphatic rings. The number of carbonyl (C=O) groups excluding carboxylic acids is 2. The summed E-state index contributed by atoms with van der Waals surface area (Å²) < 4.78 is 57.4. The third-order valence-electron chi connectivity index (χ3n) is 16.3. The van der Waals surface area contributed by atoms with Crippen LogP contribution in [-0.2, 0) is 4.79 Å². The fraction of sp³-hybridized carbons (Fsp3) is 0.420. The number of piperazine rings is 1. The smallest absolute Gasteiger partial charge is 0.298 e. The van der Waals surface area contributed by atoms with Crippen LogP contribution in [0.15, 0.2) is 57.6 Å². The van der Waals surface area contributed by atoms with Gasteiger partial charge in [0.15, 0.2) is 23.0 Å². The molecule has 0 saturated carbocycles. The van der Waals surface area contributed by atoms with Crippen molar-refractivity contribution in [3.05, 3.63) is 88.7 Å². The maximum absolute atomic E-state index is 13.8. The van der Waals surface area contributed by atoms with E-state index in [1.54, 1.807) is 20.3 Å². The van der Waals surface area contributed by atoms with Crippen LogP contribution in [0.1, 0.15) is 121 Å². The van der Waals surface area contributed by atoms with Crippen molar-refractivity contribution in [2.24, 2.45) is 0 Å². The Morgan fingerprint density at radius 1 is 0.613 bits per heavy atom. The number of ether oxygens (including phenoxy) is 7. The lowest BCUT2D eigenvalue weighted by molar-refractivity contribution is -0.120. The maximum atomic E-state index is 13.8. The largest absolute Gasteiger partial charge is 0.496 e. The van der Waals surface area contributed by atoms with Crippen molar-refractivity contribution < 1.29 is 56.8 Å². The van der Waals surface area contributed by atoms with E-state index in [9.17, 15) is 9.59 Å². The van der Waals surface area contributed by atoms with Crippen molar-refractivity contribution in [2.45, 2.75) is 141 Å². The molecule has 4 atom stereocenters. The second-order valence-electron chi connectivity index (χ2n) is 22.8. The van der Waals surface area contributed by atoms with Gasteiger partial charge in [0.2, 0.25) is 5.75 Å². The predicted octanol–water partition coefficient (Wildman–Crippen LogP) is 12.3. The first-order chi connectivity index (χ1) is 44.4. The van der Waals surface area contributed by atoms with E-state index in [0.717, 1.165) is 83.9 Å². The molecule has 24 heteroatoms. The first-order valence-corrected chi connectivity index (χ1v) is 30.7. The Balaban J connectivity index is 0.000000201. The molecule has 6 aromatic heterocycles. The molecular weight excluding hydrogens is 1190 g/mol. The lowest BCUT2D eigenvalue weighted by atomic mass is 9.98. The molecule has 1 radical (unpaired) electrons. The van der Waals surface area contributed by atoms with Crippen LogP contribution in [0.3, 0.4) is 0 Å². The molecule has 10 aromatic rings. The summed E-state index contributed by atoms with van der Waals surface area (Å²) in [5.74, 6) is 5.97. The normalized spacial score (nSPS) is 17.1. The van der Waals surface area contributed by atoms with Gasteiger partial charge >= 0.3 is 0 Å². The van der Waals surface area contributed by atoms with Gasteiger partial charge in [0, 0.05) is 82.7 Å². The number of rotatable bonds is 9. The highest BCUT2D eigenvalue weighted by atomic mass is 16.6. The summed E-state index contributed by atoms with van der Waals surface area (Å²) in [7, 11) is 3.53. The Labute approximate surface area is 544 Å². The van der Waals surface area contributed by atoms with Crippen LogP contribution in [0.25, 0.3) is 88.6 Å². The van der Waals surface area contributed by atoms with Crippen LogP contribution in [0, 0.1) is 41.5 Å². The van der Waals surface area contributed by atoms with Crippen LogP contribution >= 0.6 is 0 Å². The highest BCUT2D eigenvalue weighted by Gasteiger charge is 2.33. The number of methoxy groups -OCH3 is 2. The summed E-state index contributed by atoms with van der Waals surface area (Å²) >= 11 is 0. The zero-order valence-corrected chi connectivity index (χ0v) is 54.0. The number of nitrogens with zero attached hydrogens (tertiary/aromatic N) is 7. The van der Waals surface area contributed by atoms with Crippen molar-refractivity contribution >= 4 is 64.3 Å². The molecular formula is C69H87BN11O12. The minimum atomic E-state index is -0.0683. The van der Waals surface area contributed by atoms with Gasteiger partial charge in [-0.25, -0.2) is 19.9 Å². The highest BCUT2D eigenvalue weighted by Crippen LogP contribution is 2.50. The third-order valence-corrected chi connectivity index (χ3v) is 16.3. The molecule has 14 rings (SSSR count). The van der Waals surface area contributed by atoms with E-state index in [2.05, 4.69) is 63.6 Å². The van der Waals surface area contributed by atoms with Gasteiger partial charge in [0.05, 0.1) is 64.5 Å². The minimum absolute atomic E-state index is 0. The Hall–Kier alpha value is -9.26. The number of benzene rings is 4. The Bertz CT molecular complexity index is 4280. The molecule has 4 aliphatic heterocycles. The molecule has 2 fully saturated rings. The fourth-order valence-corrected chi connectivity index (χ4v) is 12.7. The van der Waals surface area contributed by atoms with Crippen LogP contribution in [0.5, 0.6) is 40.2 Å². The monoisotopic (exact) mass is 1270 g/mol. The lowest BCUT2D eigenvalue weighted by Crippen LogP contribution is -2.55. The summed E-state index contributed by atoms with van der Waals surface area (Å²) in [6, 6.07) is 17.2. The number of aryl methyl sites for hydroxylation is 6. The molecule has 93 heavy (non-hydrogen) atoms. The first-order valence-electron chi connectivity index (χ1n) is 31.3. The minimum Gasteiger partial charge on any atom is -0.496 e. The predicted molar refractivity (Wildman–Crippen MR) is 363 cm³/mol. The Morgan fingerprint density at radius 2 is 1.04 bits per heavy atom. The Morgan fingerprint density at radius 3 is 1.46 bits per heavy atom. The number of H-pyrrole nitrogens is 2. The van der Waals surface area contributed by atoms with Crippen LogP contribution < -0.4 is 43.8 Å². The molecule has 2 saturated heterocycles. The summed E-state index contributed by atoms with van der Waals surface area (Å²) in [4.78, 5) is 52.7. The second-order valence-corrected chi connectivity index (χ2v) is 22.8. The van der Waals surface area contributed by atoms with E-state index in [0.29, 0.717) is 137 Å². The molecule has 0 unspecified atom stereocenters. The van der Waals surface area contributed by atoms with Gasteiger partial charge in [0.25, 0.3) is 20.4 Å². The molecule has 0 spiro atoms. The van der Waals surface area contributed by atoms with Crippen molar-refractivity contribution in [1.29, 1.82) is 1.34 Å². The van der Waals surface area contributed by atoms with E-state index >= 15 is 0 Å². The second kappa shape index (κ2) is 30.0. The van der Waals surface area contributed by atoms with Crippen LogP contribution in [0.2, 0.25) is 0 Å². The fourth-order valence-electron chi connectivity index (χ4n) is 12.7. The quantitative estimate of drug-likeness (QED) is 0.0663. The summed E-state index contributed by atoms with van der Waals surface area (Å²) in [5, 5.41) is 25.7. The number of hydrogen-bond acceptors (Lipinski definition) is 20. The number of piperidine rings is 1. The van der Waals surface area contributed by atoms with Crippen molar-refractivity contribution in [1.82, 2.24) is 55.8 Å². The molecule has 5 N–H and O–H groups in total. The number of nitrogens with one attached hydrogen (secondary N) is 4. The van der Waals surface area contributed by atoms with Gasteiger partial charge in [-0.2, -0.15) is 0 Å². The molecule has 493 valence electrons. The molecule has 10 heterocycles. The number of amides is 1. The topological polar surface area (TPSA) is 281 Å². The first kappa shape index (κ1) is 68.1. The van der Waals surface area contributed by atoms with Crippen LogP contribution in [0.4, 0.5) is 0 Å². The zero-order chi connectivity index (χ0) is 65.7. The van der Waals surface area contributed by atoms with Gasteiger partial charge < -0.3 is 72.7 Å². The molecule has 23 nitrogen and oxygen atoms in total.